The minimum absolute atomic E-state index is 0.0200. The smallest absolute Gasteiger partial charge is 0.240 e. The summed E-state index contributed by atoms with van der Waals surface area (Å²) < 4.78 is 0. The first kappa shape index (κ1) is 12.5. The van der Waals surface area contributed by atoms with Crippen LogP contribution in [0, 0.1) is 0 Å². The summed E-state index contributed by atoms with van der Waals surface area (Å²) in [5.74, 6) is 0.224. The maximum atomic E-state index is 11.9. The second kappa shape index (κ2) is 6.08. The van der Waals surface area contributed by atoms with Crippen LogP contribution in [0.1, 0.15) is 33.1 Å². The zero-order valence-electron chi connectivity index (χ0n) is 9.70. The Balaban J connectivity index is 2.40. The number of nitrogens with zero attached hydrogens (tertiary/aromatic N) is 1. The molecule has 2 N–H and O–H groups in total. The SMILES string of the molecule is CCNC1CCN(C(C)CCCO)C1=O. The molecule has 2 unspecified atom stereocenters. The molecule has 4 heteroatoms. The van der Waals surface area contributed by atoms with Crippen molar-refractivity contribution < 1.29 is 9.90 Å². The number of hydrogen-bond acceptors (Lipinski definition) is 3. The molecule has 15 heavy (non-hydrogen) atoms. The van der Waals surface area contributed by atoms with Gasteiger partial charge in [-0.2, -0.15) is 0 Å². The molecule has 4 nitrogen and oxygen atoms in total. The molecule has 0 radical (unpaired) electrons. The molecular formula is C11H22N2O2. The van der Waals surface area contributed by atoms with Crippen molar-refractivity contribution in [2.24, 2.45) is 0 Å². The quantitative estimate of drug-likeness (QED) is 0.671. The highest BCUT2D eigenvalue weighted by Gasteiger charge is 2.33. The summed E-state index contributed by atoms with van der Waals surface area (Å²) >= 11 is 0. The maximum absolute atomic E-state index is 11.9. The van der Waals surface area contributed by atoms with Crippen LogP contribution in [0.15, 0.2) is 0 Å². The van der Waals surface area contributed by atoms with E-state index in [-0.39, 0.29) is 24.6 Å². The maximum Gasteiger partial charge on any atom is 0.240 e. The van der Waals surface area contributed by atoms with Crippen LogP contribution in [-0.4, -0.2) is 47.7 Å². The summed E-state index contributed by atoms with van der Waals surface area (Å²) in [6, 6.07) is 0.278. The van der Waals surface area contributed by atoms with Crippen LogP contribution in [0.3, 0.4) is 0 Å². The number of rotatable bonds is 6. The van der Waals surface area contributed by atoms with E-state index in [1.807, 2.05) is 11.8 Å². The lowest BCUT2D eigenvalue weighted by atomic mass is 10.1. The summed E-state index contributed by atoms with van der Waals surface area (Å²) in [5.41, 5.74) is 0. The van der Waals surface area contributed by atoms with E-state index in [0.29, 0.717) is 0 Å². The zero-order valence-corrected chi connectivity index (χ0v) is 9.70. The second-order valence-corrected chi connectivity index (χ2v) is 4.15. The predicted molar refractivity (Wildman–Crippen MR) is 59.6 cm³/mol. The topological polar surface area (TPSA) is 52.6 Å². The highest BCUT2D eigenvalue weighted by Crippen LogP contribution is 2.17. The first-order chi connectivity index (χ1) is 7.20. The number of carbonyl (C=O) groups excluding carboxylic acids is 1. The van der Waals surface area contributed by atoms with Crippen molar-refractivity contribution in [3.05, 3.63) is 0 Å². The van der Waals surface area contributed by atoms with Gasteiger partial charge in [0.15, 0.2) is 0 Å². The largest absolute Gasteiger partial charge is 0.396 e. The number of aliphatic hydroxyl groups excluding tert-OH is 1. The van der Waals surface area contributed by atoms with Crippen LogP contribution >= 0.6 is 0 Å². The molecule has 0 aliphatic carbocycles. The van der Waals surface area contributed by atoms with Crippen LogP contribution < -0.4 is 5.32 Å². The Morgan fingerprint density at radius 3 is 3.00 bits per heavy atom. The van der Waals surface area contributed by atoms with Crippen LogP contribution in [0.4, 0.5) is 0 Å². The fourth-order valence-electron chi connectivity index (χ4n) is 2.12. The third kappa shape index (κ3) is 3.18. The van der Waals surface area contributed by atoms with Gasteiger partial charge in [0.1, 0.15) is 0 Å². The van der Waals surface area contributed by atoms with E-state index < -0.39 is 0 Å². The second-order valence-electron chi connectivity index (χ2n) is 4.15. The lowest BCUT2D eigenvalue weighted by Gasteiger charge is -2.24. The van der Waals surface area contributed by atoms with Crippen molar-refractivity contribution in [3.63, 3.8) is 0 Å². The van der Waals surface area contributed by atoms with Crippen molar-refractivity contribution in [2.75, 3.05) is 19.7 Å². The number of likely N-dealkylation sites (N-methyl/N-ethyl adjacent to an activating group) is 1. The fourth-order valence-corrected chi connectivity index (χ4v) is 2.12. The molecule has 0 aromatic carbocycles. The number of likely N-dealkylation sites (tertiary alicyclic amines) is 1. The molecule has 1 amide bonds. The Kier molecular flexibility index (Phi) is 5.05. The fraction of sp³-hybridized carbons (Fsp3) is 0.909. The zero-order chi connectivity index (χ0) is 11.3. The molecule has 0 spiro atoms. The lowest BCUT2D eigenvalue weighted by molar-refractivity contribution is -0.131. The molecule has 1 saturated heterocycles. The molecule has 0 aromatic heterocycles. The number of nitrogens with one attached hydrogen (secondary N) is 1. The Bertz CT molecular complexity index is 209. The molecule has 2 atom stereocenters. The van der Waals surface area contributed by atoms with Crippen LogP contribution in [-0.2, 0) is 4.79 Å². The van der Waals surface area contributed by atoms with E-state index in [9.17, 15) is 4.79 Å². The molecule has 0 bridgehead atoms. The minimum atomic E-state index is 0.0200. The Hall–Kier alpha value is -0.610. The van der Waals surface area contributed by atoms with Gasteiger partial charge in [-0.3, -0.25) is 4.79 Å². The van der Waals surface area contributed by atoms with Crippen molar-refractivity contribution >= 4 is 5.91 Å². The molecule has 0 saturated carbocycles. The first-order valence-corrected chi connectivity index (χ1v) is 5.85. The van der Waals surface area contributed by atoms with Crippen LogP contribution in [0.5, 0.6) is 0 Å². The van der Waals surface area contributed by atoms with Gasteiger partial charge in [-0.25, -0.2) is 0 Å². The molecule has 1 heterocycles. The average Bonchev–Trinajstić information content (AvgIpc) is 2.58. The first-order valence-electron chi connectivity index (χ1n) is 5.85. The van der Waals surface area contributed by atoms with E-state index >= 15 is 0 Å². The highest BCUT2D eigenvalue weighted by atomic mass is 16.3. The van der Waals surface area contributed by atoms with Gasteiger partial charge in [0.25, 0.3) is 0 Å². The highest BCUT2D eigenvalue weighted by molar-refractivity contribution is 5.84. The minimum Gasteiger partial charge on any atom is -0.396 e. The Morgan fingerprint density at radius 1 is 1.67 bits per heavy atom. The van der Waals surface area contributed by atoms with Crippen molar-refractivity contribution in [1.82, 2.24) is 10.2 Å². The van der Waals surface area contributed by atoms with Crippen molar-refractivity contribution in [1.29, 1.82) is 0 Å². The van der Waals surface area contributed by atoms with E-state index in [2.05, 4.69) is 12.2 Å². The molecule has 1 rings (SSSR count). The number of carbonyl (C=O) groups is 1. The third-order valence-electron chi connectivity index (χ3n) is 3.00. The van der Waals surface area contributed by atoms with Gasteiger partial charge in [-0.1, -0.05) is 6.92 Å². The molecule has 1 aliphatic rings. The Morgan fingerprint density at radius 2 is 2.40 bits per heavy atom. The van der Waals surface area contributed by atoms with Gasteiger partial charge in [0, 0.05) is 19.2 Å². The average molecular weight is 214 g/mol. The summed E-state index contributed by atoms with van der Waals surface area (Å²) in [7, 11) is 0. The van der Waals surface area contributed by atoms with E-state index in [0.717, 1.165) is 32.4 Å². The van der Waals surface area contributed by atoms with Gasteiger partial charge >= 0.3 is 0 Å². The van der Waals surface area contributed by atoms with Gasteiger partial charge in [-0.15, -0.1) is 0 Å². The summed E-state index contributed by atoms with van der Waals surface area (Å²) in [6.45, 7) is 5.98. The predicted octanol–water partition coefficient (Wildman–Crippen LogP) is 0.358. The van der Waals surface area contributed by atoms with E-state index in [1.165, 1.54) is 0 Å². The van der Waals surface area contributed by atoms with Gasteiger partial charge in [0.2, 0.25) is 5.91 Å². The third-order valence-corrected chi connectivity index (χ3v) is 3.00. The molecule has 1 fully saturated rings. The number of aliphatic hydroxyl groups is 1. The monoisotopic (exact) mass is 214 g/mol. The lowest BCUT2D eigenvalue weighted by Crippen LogP contribution is -2.41. The van der Waals surface area contributed by atoms with E-state index in [4.69, 9.17) is 5.11 Å². The number of amides is 1. The van der Waals surface area contributed by atoms with E-state index in [1.54, 1.807) is 0 Å². The summed E-state index contributed by atoms with van der Waals surface area (Å²) in [5, 5.41) is 11.9. The molecular weight excluding hydrogens is 192 g/mol. The number of hydrogen-bond donors (Lipinski definition) is 2. The van der Waals surface area contributed by atoms with Gasteiger partial charge < -0.3 is 15.3 Å². The Labute approximate surface area is 91.6 Å². The molecule has 88 valence electrons. The van der Waals surface area contributed by atoms with Crippen molar-refractivity contribution in [3.8, 4) is 0 Å². The van der Waals surface area contributed by atoms with Gasteiger partial charge in [0.05, 0.1) is 6.04 Å². The standard InChI is InChI=1S/C11H22N2O2/c1-3-12-10-6-7-13(11(10)15)9(2)5-4-8-14/h9-10,12,14H,3-8H2,1-2H3. The summed E-state index contributed by atoms with van der Waals surface area (Å²) in [4.78, 5) is 13.8. The van der Waals surface area contributed by atoms with Crippen molar-refractivity contribution in [2.45, 2.75) is 45.2 Å². The molecule has 1 aliphatic heterocycles. The van der Waals surface area contributed by atoms with Gasteiger partial charge in [-0.05, 0) is 32.7 Å². The molecule has 0 aromatic rings. The van der Waals surface area contributed by atoms with Crippen LogP contribution in [0.2, 0.25) is 0 Å². The van der Waals surface area contributed by atoms with Crippen LogP contribution in [0.25, 0.3) is 0 Å². The normalized spacial score (nSPS) is 23.5. The summed E-state index contributed by atoms with van der Waals surface area (Å²) in [6.07, 6.45) is 2.58.